The van der Waals surface area contributed by atoms with Gasteiger partial charge in [0.2, 0.25) is 0 Å². The topological polar surface area (TPSA) is 103 Å². The van der Waals surface area contributed by atoms with Gasteiger partial charge in [-0.2, -0.15) is 0 Å². The number of ether oxygens (including phenoxy) is 2. The molecule has 0 fully saturated rings. The lowest BCUT2D eigenvalue weighted by molar-refractivity contribution is -0.123. The van der Waals surface area contributed by atoms with Crippen LogP contribution in [-0.4, -0.2) is 37.2 Å². The summed E-state index contributed by atoms with van der Waals surface area (Å²) in [4.78, 5) is 23.9. The van der Waals surface area contributed by atoms with Crippen LogP contribution in [0.2, 0.25) is 0 Å². The number of methoxy groups -OCH3 is 1. The molecular weight excluding hydrogens is 405 g/mol. The molecule has 2 aromatic carbocycles. The monoisotopic (exact) mass is 427 g/mol. The first-order valence-electron chi connectivity index (χ1n) is 9.58. The summed E-state index contributed by atoms with van der Waals surface area (Å²) in [5.74, 6) is -0.162. The van der Waals surface area contributed by atoms with Gasteiger partial charge in [0.1, 0.15) is 5.82 Å². The molecule has 3 rings (SSSR count). The lowest BCUT2D eigenvalue weighted by Gasteiger charge is -2.12. The van der Waals surface area contributed by atoms with E-state index in [1.54, 1.807) is 36.4 Å². The number of carbonyl (C=O) groups excluding carboxylic acids is 2. The maximum absolute atomic E-state index is 13.9. The van der Waals surface area contributed by atoms with Crippen molar-refractivity contribution in [2.24, 2.45) is 0 Å². The lowest BCUT2D eigenvalue weighted by Crippen LogP contribution is -2.28. The zero-order chi connectivity index (χ0) is 22.2. The first-order chi connectivity index (χ1) is 15.0. The highest BCUT2D eigenvalue weighted by atomic mass is 19.1. The van der Waals surface area contributed by atoms with Crippen molar-refractivity contribution in [1.82, 2.24) is 15.8 Å². The SMILES string of the molecule is CCNC(=O)COc1ccc(CNC(=O)c2cc(-c3ccccc3F)on2)cc1OC. The molecular formula is C22H22FN3O5. The van der Waals surface area contributed by atoms with Crippen LogP contribution in [0.1, 0.15) is 23.0 Å². The molecule has 0 bridgehead atoms. The maximum Gasteiger partial charge on any atom is 0.273 e. The highest BCUT2D eigenvalue weighted by Gasteiger charge is 2.16. The number of halogens is 1. The molecule has 31 heavy (non-hydrogen) atoms. The zero-order valence-electron chi connectivity index (χ0n) is 17.1. The Morgan fingerprint density at radius 2 is 1.90 bits per heavy atom. The van der Waals surface area contributed by atoms with Crippen LogP contribution < -0.4 is 20.1 Å². The highest BCUT2D eigenvalue weighted by molar-refractivity contribution is 5.93. The Morgan fingerprint density at radius 3 is 2.65 bits per heavy atom. The molecule has 0 aliphatic rings. The third kappa shape index (κ3) is 5.59. The van der Waals surface area contributed by atoms with E-state index in [0.717, 1.165) is 5.56 Å². The number of rotatable bonds is 9. The summed E-state index contributed by atoms with van der Waals surface area (Å²) in [7, 11) is 1.48. The Labute approximate surface area is 178 Å². The van der Waals surface area contributed by atoms with Gasteiger partial charge in [0.25, 0.3) is 11.8 Å². The zero-order valence-corrected chi connectivity index (χ0v) is 17.1. The van der Waals surface area contributed by atoms with Gasteiger partial charge in [-0.1, -0.05) is 23.4 Å². The van der Waals surface area contributed by atoms with Gasteiger partial charge in [-0.3, -0.25) is 9.59 Å². The summed E-state index contributed by atoms with van der Waals surface area (Å²) in [6.07, 6.45) is 0. The second kappa shape index (κ2) is 10.2. The van der Waals surface area contributed by atoms with Gasteiger partial charge in [-0.15, -0.1) is 0 Å². The van der Waals surface area contributed by atoms with Crippen LogP contribution in [0.25, 0.3) is 11.3 Å². The molecule has 9 heteroatoms. The number of hydrogen-bond acceptors (Lipinski definition) is 6. The fourth-order valence-corrected chi connectivity index (χ4v) is 2.78. The fraction of sp³-hybridized carbons (Fsp3) is 0.227. The number of nitrogens with zero attached hydrogens (tertiary/aromatic N) is 1. The van der Waals surface area contributed by atoms with E-state index in [-0.39, 0.29) is 36.1 Å². The van der Waals surface area contributed by atoms with Gasteiger partial charge < -0.3 is 24.6 Å². The summed E-state index contributed by atoms with van der Waals surface area (Å²) in [5.41, 5.74) is 1.00. The van der Waals surface area contributed by atoms with Crippen molar-refractivity contribution >= 4 is 11.8 Å². The molecule has 0 aliphatic heterocycles. The van der Waals surface area contributed by atoms with Crippen molar-refractivity contribution in [2.75, 3.05) is 20.3 Å². The van der Waals surface area contributed by atoms with Crippen LogP contribution in [0.5, 0.6) is 11.5 Å². The number of carbonyl (C=O) groups is 2. The van der Waals surface area contributed by atoms with Crippen LogP contribution in [0.4, 0.5) is 4.39 Å². The summed E-state index contributed by atoms with van der Waals surface area (Å²) in [6.45, 7) is 2.40. The quantitative estimate of drug-likeness (QED) is 0.544. The highest BCUT2D eigenvalue weighted by Crippen LogP contribution is 2.28. The van der Waals surface area contributed by atoms with Crippen LogP contribution >= 0.6 is 0 Å². The second-order valence-corrected chi connectivity index (χ2v) is 6.47. The van der Waals surface area contributed by atoms with Crippen LogP contribution in [0.3, 0.4) is 0 Å². The Bertz CT molecular complexity index is 1070. The van der Waals surface area contributed by atoms with E-state index >= 15 is 0 Å². The van der Waals surface area contributed by atoms with Gasteiger partial charge in [0.15, 0.2) is 29.6 Å². The number of benzene rings is 2. The summed E-state index contributed by atoms with van der Waals surface area (Å²) in [5, 5.41) is 9.07. The molecule has 0 unspecified atom stereocenters. The van der Waals surface area contributed by atoms with Crippen LogP contribution in [0.15, 0.2) is 53.1 Å². The Balaban J connectivity index is 1.61. The van der Waals surface area contributed by atoms with Crippen molar-refractivity contribution < 1.29 is 28.0 Å². The smallest absolute Gasteiger partial charge is 0.273 e. The van der Waals surface area contributed by atoms with E-state index in [4.69, 9.17) is 14.0 Å². The standard InChI is InChI=1S/C22H22FN3O5/c1-3-24-21(27)13-30-18-9-8-14(10-20(18)29-2)12-25-22(28)17-11-19(31-26-17)15-6-4-5-7-16(15)23/h4-11H,3,12-13H2,1-2H3,(H,24,27)(H,25,28). The van der Waals surface area contributed by atoms with Crippen molar-refractivity contribution in [3.63, 3.8) is 0 Å². The lowest BCUT2D eigenvalue weighted by atomic mass is 10.1. The van der Waals surface area contributed by atoms with Crippen molar-refractivity contribution in [3.05, 3.63) is 65.6 Å². The van der Waals surface area contributed by atoms with Gasteiger partial charge in [-0.05, 0) is 36.8 Å². The molecule has 1 heterocycles. The Morgan fingerprint density at radius 1 is 1.10 bits per heavy atom. The molecule has 3 aromatic rings. The Kier molecular flexibility index (Phi) is 7.21. The summed E-state index contributed by atoms with van der Waals surface area (Å²) in [6, 6.07) is 12.5. The fourth-order valence-electron chi connectivity index (χ4n) is 2.78. The van der Waals surface area contributed by atoms with E-state index < -0.39 is 11.7 Å². The van der Waals surface area contributed by atoms with Crippen LogP contribution in [-0.2, 0) is 11.3 Å². The van der Waals surface area contributed by atoms with Gasteiger partial charge in [-0.25, -0.2) is 4.39 Å². The molecule has 2 N–H and O–H groups in total. The average Bonchev–Trinajstić information content (AvgIpc) is 3.27. The predicted octanol–water partition coefficient (Wildman–Crippen LogP) is 2.93. The van der Waals surface area contributed by atoms with Gasteiger partial charge in [0.05, 0.1) is 12.7 Å². The molecule has 0 saturated heterocycles. The minimum atomic E-state index is -0.470. The number of likely N-dealkylation sites (N-methyl/N-ethyl adjacent to an activating group) is 1. The molecule has 0 radical (unpaired) electrons. The van der Waals surface area contributed by atoms with Crippen molar-refractivity contribution in [3.8, 4) is 22.8 Å². The average molecular weight is 427 g/mol. The number of nitrogens with one attached hydrogen (secondary N) is 2. The minimum Gasteiger partial charge on any atom is -0.493 e. The number of aromatic nitrogens is 1. The van der Waals surface area contributed by atoms with E-state index in [9.17, 15) is 14.0 Å². The molecule has 8 nitrogen and oxygen atoms in total. The molecule has 2 amide bonds. The van der Waals surface area contributed by atoms with Gasteiger partial charge in [0, 0.05) is 19.2 Å². The van der Waals surface area contributed by atoms with E-state index in [2.05, 4.69) is 15.8 Å². The molecule has 0 aliphatic carbocycles. The molecule has 0 saturated carbocycles. The summed E-state index contributed by atoms with van der Waals surface area (Å²) < 4.78 is 29.7. The molecule has 162 valence electrons. The molecule has 0 atom stereocenters. The van der Waals surface area contributed by atoms with Crippen molar-refractivity contribution in [1.29, 1.82) is 0 Å². The third-order valence-corrected chi connectivity index (χ3v) is 4.30. The van der Waals surface area contributed by atoms with Crippen molar-refractivity contribution in [2.45, 2.75) is 13.5 Å². The minimum absolute atomic E-state index is 0.0344. The van der Waals surface area contributed by atoms with E-state index in [0.29, 0.717) is 18.0 Å². The second-order valence-electron chi connectivity index (χ2n) is 6.47. The van der Waals surface area contributed by atoms with Gasteiger partial charge >= 0.3 is 0 Å². The molecule has 1 aromatic heterocycles. The number of amides is 2. The first kappa shape index (κ1) is 21.8. The Hall–Kier alpha value is -3.88. The predicted molar refractivity (Wildman–Crippen MR) is 110 cm³/mol. The first-order valence-corrected chi connectivity index (χ1v) is 9.58. The normalized spacial score (nSPS) is 10.4. The maximum atomic E-state index is 13.9. The summed E-state index contributed by atoms with van der Waals surface area (Å²) >= 11 is 0. The largest absolute Gasteiger partial charge is 0.493 e. The van der Waals surface area contributed by atoms with E-state index in [1.807, 2.05) is 6.92 Å². The third-order valence-electron chi connectivity index (χ3n) is 4.30. The van der Waals surface area contributed by atoms with Crippen LogP contribution in [0, 0.1) is 5.82 Å². The van der Waals surface area contributed by atoms with E-state index in [1.165, 1.54) is 19.2 Å². The molecule has 0 spiro atoms. The number of hydrogen-bond donors (Lipinski definition) is 2.